The summed E-state index contributed by atoms with van der Waals surface area (Å²) in [5.41, 5.74) is -2.09. The molecule has 2 unspecified atom stereocenters. The van der Waals surface area contributed by atoms with Crippen molar-refractivity contribution in [3.63, 3.8) is 0 Å². The van der Waals surface area contributed by atoms with Gasteiger partial charge in [0.2, 0.25) is 0 Å². The van der Waals surface area contributed by atoms with Gasteiger partial charge in [-0.2, -0.15) is 26.3 Å². The van der Waals surface area contributed by atoms with Crippen LogP contribution in [-0.2, 0) is 21.8 Å². The quantitative estimate of drug-likeness (QED) is 0.0569. The molecule has 278 valence electrons. The lowest BCUT2D eigenvalue weighted by atomic mass is 9.95. The van der Waals surface area contributed by atoms with E-state index in [1.807, 2.05) is 0 Å². The van der Waals surface area contributed by atoms with E-state index in [0.717, 1.165) is 24.3 Å². The monoisotopic (exact) mass is 808 g/mol. The van der Waals surface area contributed by atoms with Crippen LogP contribution in [0.3, 0.4) is 0 Å². The molecular formula is C34H28Cl2F6N2O6S2. The first kappa shape index (κ1) is 40.9. The third-order valence-electron chi connectivity index (χ3n) is 8.20. The zero-order chi connectivity index (χ0) is 38.8. The van der Waals surface area contributed by atoms with E-state index in [0.29, 0.717) is 25.0 Å². The number of ether oxygens (including phenoxy) is 2. The molecule has 2 atom stereocenters. The standard InChI is InChI=1S/C34H28Cl2F6N2O6S2/c1-5-31(3,23-17-21(9-11-27(23)43(45)46)49-29-13-7-19(15-25(29)35)33(37,38)39)51-52-32(4,6-2)24-18-22(10-12-28(24)44(47)48)50-30-14-8-20(16-26(30)36)34(40,41)42/h7-18H,5-6H2,1-4H3. The summed E-state index contributed by atoms with van der Waals surface area (Å²) < 4.78 is 88.3. The van der Waals surface area contributed by atoms with Crippen LogP contribution in [0.5, 0.6) is 23.0 Å². The zero-order valence-corrected chi connectivity index (χ0v) is 30.7. The summed E-state index contributed by atoms with van der Waals surface area (Å²) in [6.07, 6.45) is -8.65. The van der Waals surface area contributed by atoms with E-state index in [4.69, 9.17) is 32.7 Å². The maximum absolute atomic E-state index is 13.1. The number of halogens is 8. The van der Waals surface area contributed by atoms with Gasteiger partial charge in [0.05, 0.1) is 51.6 Å². The van der Waals surface area contributed by atoms with Crippen LogP contribution in [0.25, 0.3) is 0 Å². The van der Waals surface area contributed by atoms with Crippen molar-refractivity contribution in [3.8, 4) is 23.0 Å². The van der Waals surface area contributed by atoms with Crippen molar-refractivity contribution in [1.82, 2.24) is 0 Å². The third kappa shape index (κ3) is 9.19. The van der Waals surface area contributed by atoms with Gasteiger partial charge in [0, 0.05) is 12.1 Å². The summed E-state index contributed by atoms with van der Waals surface area (Å²) in [4.78, 5) is 23.2. The van der Waals surface area contributed by atoms with Crippen molar-refractivity contribution >= 4 is 56.2 Å². The molecule has 0 bridgehead atoms. The topological polar surface area (TPSA) is 105 Å². The smallest absolute Gasteiger partial charge is 0.416 e. The van der Waals surface area contributed by atoms with Gasteiger partial charge >= 0.3 is 12.4 Å². The molecule has 0 aliphatic rings. The molecule has 4 aromatic carbocycles. The van der Waals surface area contributed by atoms with Crippen molar-refractivity contribution in [1.29, 1.82) is 0 Å². The van der Waals surface area contributed by atoms with E-state index in [-0.39, 0.29) is 55.5 Å². The minimum atomic E-state index is -4.64. The minimum Gasteiger partial charge on any atom is -0.456 e. The molecule has 0 saturated heterocycles. The zero-order valence-electron chi connectivity index (χ0n) is 27.5. The summed E-state index contributed by atoms with van der Waals surface area (Å²) in [5.74, 6) is -0.0955. The Morgan fingerprint density at radius 1 is 0.615 bits per heavy atom. The van der Waals surface area contributed by atoms with E-state index in [1.165, 1.54) is 58.0 Å². The Kier molecular flexibility index (Phi) is 12.3. The van der Waals surface area contributed by atoms with Crippen LogP contribution in [-0.4, -0.2) is 9.85 Å². The molecule has 0 fully saturated rings. The van der Waals surface area contributed by atoms with Crippen LogP contribution in [0, 0.1) is 20.2 Å². The number of alkyl halides is 6. The molecule has 0 heterocycles. The highest BCUT2D eigenvalue weighted by Gasteiger charge is 2.40. The van der Waals surface area contributed by atoms with Gasteiger partial charge in [0.1, 0.15) is 23.0 Å². The van der Waals surface area contributed by atoms with Crippen molar-refractivity contribution in [2.45, 2.75) is 62.4 Å². The summed E-state index contributed by atoms with van der Waals surface area (Å²) in [6, 6.07) is 12.9. The highest BCUT2D eigenvalue weighted by atomic mass is 35.5. The van der Waals surface area contributed by atoms with E-state index >= 15 is 0 Å². The van der Waals surface area contributed by atoms with E-state index < -0.39 is 42.8 Å². The van der Waals surface area contributed by atoms with Crippen LogP contribution in [0.15, 0.2) is 72.8 Å². The van der Waals surface area contributed by atoms with E-state index in [2.05, 4.69) is 0 Å². The van der Waals surface area contributed by atoms with Gasteiger partial charge in [-0.15, -0.1) is 0 Å². The largest absolute Gasteiger partial charge is 0.456 e. The van der Waals surface area contributed by atoms with Gasteiger partial charge in [0.15, 0.2) is 0 Å². The Hall–Kier alpha value is -3.86. The molecule has 4 rings (SSSR count). The maximum Gasteiger partial charge on any atom is 0.416 e. The third-order valence-corrected chi connectivity index (χ3v) is 13.1. The van der Waals surface area contributed by atoms with Gasteiger partial charge in [-0.3, -0.25) is 20.2 Å². The highest BCUT2D eigenvalue weighted by Crippen LogP contribution is 2.58. The summed E-state index contributed by atoms with van der Waals surface area (Å²) in [5, 5.41) is 23.7. The summed E-state index contributed by atoms with van der Waals surface area (Å²) in [6.45, 7) is 7.04. The van der Waals surface area contributed by atoms with Crippen molar-refractivity contribution < 1.29 is 45.7 Å². The molecule has 52 heavy (non-hydrogen) atoms. The Morgan fingerprint density at radius 3 is 1.23 bits per heavy atom. The Balaban J connectivity index is 1.69. The number of nitro benzene ring substituents is 2. The van der Waals surface area contributed by atoms with Gasteiger partial charge in [-0.05, 0) is 87.4 Å². The number of nitro groups is 2. The number of nitrogens with zero attached hydrogens (tertiary/aromatic N) is 2. The Morgan fingerprint density at radius 2 is 0.962 bits per heavy atom. The second kappa shape index (κ2) is 15.6. The fourth-order valence-corrected chi connectivity index (χ4v) is 8.77. The van der Waals surface area contributed by atoms with E-state index in [9.17, 15) is 46.6 Å². The Labute approximate surface area is 311 Å². The fraction of sp³-hybridized carbons (Fsp3) is 0.294. The molecule has 0 radical (unpaired) electrons. The minimum absolute atomic E-state index is 0.0631. The van der Waals surface area contributed by atoms with Gasteiger partial charge in [-0.1, -0.05) is 58.6 Å². The van der Waals surface area contributed by atoms with Crippen molar-refractivity contribution in [2.24, 2.45) is 0 Å². The first-order valence-corrected chi connectivity index (χ1v) is 18.1. The number of benzene rings is 4. The van der Waals surface area contributed by atoms with Crippen LogP contribution < -0.4 is 9.47 Å². The SMILES string of the molecule is CCC(C)(SSC(C)(CC)c1cc(Oc2ccc(C(F)(F)F)cc2Cl)ccc1[N+](=O)[O-])c1cc(Oc2ccc(C(F)(F)F)cc2Cl)ccc1[N+](=O)[O-]. The lowest BCUT2D eigenvalue weighted by Gasteiger charge is -2.34. The molecule has 0 amide bonds. The Bertz CT molecular complexity index is 1860. The van der Waals surface area contributed by atoms with Crippen LogP contribution in [0.4, 0.5) is 37.7 Å². The molecule has 0 aromatic heterocycles. The van der Waals surface area contributed by atoms with Crippen LogP contribution in [0.2, 0.25) is 10.0 Å². The highest BCUT2D eigenvalue weighted by molar-refractivity contribution is 8.77. The van der Waals surface area contributed by atoms with Crippen LogP contribution in [0.1, 0.15) is 62.8 Å². The maximum atomic E-state index is 13.1. The van der Waals surface area contributed by atoms with Gasteiger partial charge < -0.3 is 9.47 Å². The predicted octanol–water partition coefficient (Wildman–Crippen LogP) is 13.8. The van der Waals surface area contributed by atoms with Crippen molar-refractivity contribution in [2.75, 3.05) is 0 Å². The first-order chi connectivity index (χ1) is 24.1. The predicted molar refractivity (Wildman–Crippen MR) is 190 cm³/mol. The molecule has 0 spiro atoms. The van der Waals surface area contributed by atoms with E-state index in [1.54, 1.807) is 27.7 Å². The molecule has 0 aliphatic carbocycles. The molecule has 4 aromatic rings. The fourth-order valence-electron chi connectivity index (χ4n) is 4.87. The molecule has 8 nitrogen and oxygen atoms in total. The summed E-state index contributed by atoms with van der Waals surface area (Å²) in [7, 11) is 2.42. The first-order valence-electron chi connectivity index (χ1n) is 15.2. The normalized spacial score (nSPS) is 14.3. The van der Waals surface area contributed by atoms with Gasteiger partial charge in [0.25, 0.3) is 11.4 Å². The second-order valence-corrected chi connectivity index (χ2v) is 15.6. The molecule has 0 aliphatic heterocycles. The second-order valence-electron chi connectivity index (χ2n) is 11.7. The average molecular weight is 810 g/mol. The molecule has 0 N–H and O–H groups in total. The molecule has 18 heteroatoms. The molecule has 0 saturated carbocycles. The van der Waals surface area contributed by atoms with Crippen LogP contribution >= 0.6 is 44.8 Å². The van der Waals surface area contributed by atoms with Gasteiger partial charge in [-0.25, -0.2) is 0 Å². The number of rotatable bonds is 13. The molecular weight excluding hydrogens is 781 g/mol. The van der Waals surface area contributed by atoms with Crippen molar-refractivity contribution in [3.05, 3.63) is 125 Å². The average Bonchev–Trinajstić information content (AvgIpc) is 3.07. The number of hydrogen-bond acceptors (Lipinski definition) is 8. The lowest BCUT2D eigenvalue weighted by molar-refractivity contribution is -0.386. The number of hydrogen-bond donors (Lipinski definition) is 0. The lowest BCUT2D eigenvalue weighted by Crippen LogP contribution is -2.22. The summed E-state index contributed by atoms with van der Waals surface area (Å²) >= 11 is 12.1.